The maximum Gasteiger partial charge on any atom is 0.345 e. The standard InChI is InChI=1S/C15H10O6/c1-8(17)21-15(20)11-5-9-3-2-4-10(7-16)13(9)12(6-11)14(18)19/h2-7H,1H3,(H,18,19). The summed E-state index contributed by atoms with van der Waals surface area (Å²) in [5, 5.41) is 9.89. The number of carbonyl (C=O) groups excluding carboxylic acids is 3. The molecule has 0 aliphatic carbocycles. The quantitative estimate of drug-likeness (QED) is 0.527. The molecule has 2 aromatic rings. The van der Waals surface area contributed by atoms with Crippen molar-refractivity contribution in [2.24, 2.45) is 0 Å². The highest BCUT2D eigenvalue weighted by molar-refractivity contribution is 6.12. The molecule has 106 valence electrons. The van der Waals surface area contributed by atoms with Crippen molar-refractivity contribution in [2.75, 3.05) is 0 Å². The zero-order chi connectivity index (χ0) is 15.6. The third-order valence-electron chi connectivity index (χ3n) is 2.84. The number of rotatable bonds is 3. The number of aldehydes is 1. The fraction of sp³-hybridized carbons (Fsp3) is 0.0667. The molecule has 0 amide bonds. The van der Waals surface area contributed by atoms with E-state index in [9.17, 15) is 24.3 Å². The molecule has 0 atom stereocenters. The van der Waals surface area contributed by atoms with Gasteiger partial charge in [0.2, 0.25) is 0 Å². The summed E-state index contributed by atoms with van der Waals surface area (Å²) in [5.41, 5.74) is -0.0692. The lowest BCUT2D eigenvalue weighted by Crippen LogP contribution is -2.11. The van der Waals surface area contributed by atoms with E-state index in [1.165, 1.54) is 12.1 Å². The van der Waals surface area contributed by atoms with Gasteiger partial charge in [-0.05, 0) is 17.5 Å². The van der Waals surface area contributed by atoms with Gasteiger partial charge in [-0.1, -0.05) is 18.2 Å². The van der Waals surface area contributed by atoms with Gasteiger partial charge < -0.3 is 9.84 Å². The van der Waals surface area contributed by atoms with Crippen LogP contribution in [0.25, 0.3) is 10.8 Å². The first-order chi connectivity index (χ1) is 9.93. The molecule has 0 fully saturated rings. The van der Waals surface area contributed by atoms with Gasteiger partial charge in [0.05, 0.1) is 11.1 Å². The van der Waals surface area contributed by atoms with E-state index in [1.54, 1.807) is 12.1 Å². The number of fused-ring (bicyclic) bond motifs is 1. The molecule has 2 aromatic carbocycles. The van der Waals surface area contributed by atoms with Crippen LogP contribution in [0.1, 0.15) is 38.0 Å². The van der Waals surface area contributed by atoms with E-state index in [2.05, 4.69) is 4.74 Å². The molecule has 0 saturated heterocycles. The number of aromatic carboxylic acids is 1. The normalized spacial score (nSPS) is 10.1. The smallest absolute Gasteiger partial charge is 0.345 e. The third kappa shape index (κ3) is 2.79. The van der Waals surface area contributed by atoms with Gasteiger partial charge in [0.15, 0.2) is 6.29 Å². The molecule has 0 bridgehead atoms. The number of carbonyl (C=O) groups is 4. The summed E-state index contributed by atoms with van der Waals surface area (Å²) >= 11 is 0. The molecule has 2 rings (SSSR count). The van der Waals surface area contributed by atoms with Crippen molar-refractivity contribution in [1.29, 1.82) is 0 Å². The molecule has 0 aliphatic rings. The zero-order valence-electron chi connectivity index (χ0n) is 11.0. The first-order valence-corrected chi connectivity index (χ1v) is 5.92. The number of hydrogen-bond acceptors (Lipinski definition) is 5. The molecule has 1 N–H and O–H groups in total. The van der Waals surface area contributed by atoms with E-state index in [0.29, 0.717) is 11.7 Å². The first-order valence-electron chi connectivity index (χ1n) is 5.92. The fourth-order valence-electron chi connectivity index (χ4n) is 2.03. The Morgan fingerprint density at radius 3 is 2.48 bits per heavy atom. The monoisotopic (exact) mass is 286 g/mol. The Bertz CT molecular complexity index is 775. The second-order valence-electron chi connectivity index (χ2n) is 4.27. The maximum absolute atomic E-state index is 11.7. The van der Waals surface area contributed by atoms with Crippen molar-refractivity contribution in [3.8, 4) is 0 Å². The van der Waals surface area contributed by atoms with Gasteiger partial charge in [-0.3, -0.25) is 9.59 Å². The van der Waals surface area contributed by atoms with Crippen LogP contribution < -0.4 is 0 Å². The van der Waals surface area contributed by atoms with Crippen LogP contribution in [0, 0.1) is 0 Å². The Kier molecular flexibility index (Phi) is 3.80. The summed E-state index contributed by atoms with van der Waals surface area (Å²) in [5.74, 6) is -3.02. The van der Waals surface area contributed by atoms with Crippen molar-refractivity contribution >= 4 is 35.0 Å². The molecular formula is C15H10O6. The number of benzene rings is 2. The number of carboxylic acids is 1. The second-order valence-corrected chi connectivity index (χ2v) is 4.27. The largest absolute Gasteiger partial charge is 0.478 e. The van der Waals surface area contributed by atoms with Crippen molar-refractivity contribution in [3.05, 3.63) is 47.0 Å². The molecule has 6 nitrogen and oxygen atoms in total. The van der Waals surface area contributed by atoms with Crippen molar-refractivity contribution < 1.29 is 29.0 Å². The summed E-state index contributed by atoms with van der Waals surface area (Å²) in [6.07, 6.45) is 0.544. The SMILES string of the molecule is CC(=O)OC(=O)c1cc(C(=O)O)c2c(C=O)cccc2c1. The van der Waals surface area contributed by atoms with Crippen molar-refractivity contribution in [1.82, 2.24) is 0 Å². The summed E-state index contributed by atoms with van der Waals surface area (Å²) in [6.45, 7) is 1.07. The molecular weight excluding hydrogens is 276 g/mol. The minimum Gasteiger partial charge on any atom is -0.478 e. The van der Waals surface area contributed by atoms with E-state index in [4.69, 9.17) is 0 Å². The first kappa shape index (κ1) is 14.4. The minimum absolute atomic E-state index is 0.0712. The predicted octanol–water partition coefficient (Wildman–Crippen LogP) is 2.05. The van der Waals surface area contributed by atoms with E-state index in [-0.39, 0.29) is 22.1 Å². The molecule has 0 spiro atoms. The lowest BCUT2D eigenvalue weighted by atomic mass is 9.97. The summed E-state index contributed by atoms with van der Waals surface area (Å²) in [6, 6.07) is 7.08. The zero-order valence-corrected chi connectivity index (χ0v) is 11.0. The number of ether oxygens (including phenoxy) is 1. The molecule has 0 radical (unpaired) electrons. The molecule has 0 heterocycles. The average molecular weight is 286 g/mol. The molecule has 21 heavy (non-hydrogen) atoms. The van der Waals surface area contributed by atoms with Crippen LogP contribution >= 0.6 is 0 Å². The highest BCUT2D eigenvalue weighted by Crippen LogP contribution is 2.25. The van der Waals surface area contributed by atoms with Gasteiger partial charge in [0.1, 0.15) is 0 Å². The van der Waals surface area contributed by atoms with Crippen LogP contribution in [-0.4, -0.2) is 29.3 Å². The summed E-state index contributed by atoms with van der Waals surface area (Å²) in [4.78, 5) is 44.9. The van der Waals surface area contributed by atoms with Crippen LogP contribution in [0.15, 0.2) is 30.3 Å². The van der Waals surface area contributed by atoms with E-state index < -0.39 is 17.9 Å². The topological polar surface area (TPSA) is 97.7 Å². The minimum atomic E-state index is -1.29. The predicted molar refractivity (Wildman–Crippen MR) is 72.4 cm³/mol. The molecule has 0 unspecified atom stereocenters. The Morgan fingerprint density at radius 1 is 1.19 bits per heavy atom. The molecule has 0 aromatic heterocycles. The number of hydrogen-bond donors (Lipinski definition) is 1. The Morgan fingerprint density at radius 2 is 1.90 bits per heavy atom. The Balaban J connectivity index is 2.73. The molecule has 0 saturated carbocycles. The summed E-state index contributed by atoms with van der Waals surface area (Å²) in [7, 11) is 0. The highest BCUT2D eigenvalue weighted by atomic mass is 16.6. The Hall–Kier alpha value is -3.02. The van der Waals surface area contributed by atoms with Gasteiger partial charge in [-0.15, -0.1) is 0 Å². The lowest BCUT2D eigenvalue weighted by Gasteiger charge is -2.08. The highest BCUT2D eigenvalue weighted by Gasteiger charge is 2.18. The van der Waals surface area contributed by atoms with Crippen LogP contribution in [0.2, 0.25) is 0 Å². The molecule has 0 aliphatic heterocycles. The lowest BCUT2D eigenvalue weighted by molar-refractivity contribution is -0.135. The maximum atomic E-state index is 11.7. The van der Waals surface area contributed by atoms with Crippen LogP contribution in [0.3, 0.4) is 0 Å². The van der Waals surface area contributed by atoms with E-state index >= 15 is 0 Å². The second kappa shape index (κ2) is 5.54. The van der Waals surface area contributed by atoms with Crippen LogP contribution in [0.5, 0.6) is 0 Å². The van der Waals surface area contributed by atoms with Gasteiger partial charge >= 0.3 is 17.9 Å². The third-order valence-corrected chi connectivity index (χ3v) is 2.84. The van der Waals surface area contributed by atoms with Gasteiger partial charge in [-0.2, -0.15) is 0 Å². The van der Waals surface area contributed by atoms with Crippen molar-refractivity contribution in [3.63, 3.8) is 0 Å². The van der Waals surface area contributed by atoms with E-state index in [1.807, 2.05) is 0 Å². The summed E-state index contributed by atoms with van der Waals surface area (Å²) < 4.78 is 4.44. The Labute approximate surface area is 118 Å². The van der Waals surface area contributed by atoms with Crippen LogP contribution in [0.4, 0.5) is 0 Å². The van der Waals surface area contributed by atoms with Gasteiger partial charge in [0, 0.05) is 17.9 Å². The number of carboxylic acid groups (broad SMARTS) is 1. The number of esters is 2. The van der Waals surface area contributed by atoms with E-state index in [0.717, 1.165) is 13.0 Å². The van der Waals surface area contributed by atoms with Crippen LogP contribution in [-0.2, 0) is 9.53 Å². The molecule has 6 heteroatoms. The van der Waals surface area contributed by atoms with Gasteiger partial charge in [-0.25, -0.2) is 9.59 Å². The van der Waals surface area contributed by atoms with Gasteiger partial charge in [0.25, 0.3) is 0 Å². The van der Waals surface area contributed by atoms with Crippen molar-refractivity contribution in [2.45, 2.75) is 6.92 Å². The fourth-order valence-corrected chi connectivity index (χ4v) is 2.03. The average Bonchev–Trinajstić information content (AvgIpc) is 2.44.